The van der Waals surface area contributed by atoms with E-state index >= 15 is 0 Å². The molecule has 1 rings (SSSR count). The van der Waals surface area contributed by atoms with Crippen molar-refractivity contribution in [2.45, 2.75) is 12.8 Å². The molecule has 0 amide bonds. The van der Waals surface area contributed by atoms with E-state index in [1.54, 1.807) is 24.5 Å². The van der Waals surface area contributed by atoms with Crippen LogP contribution in [0.25, 0.3) is 0 Å². The minimum atomic E-state index is -1.76. The molecule has 0 aliphatic heterocycles. The Morgan fingerprint density at radius 1 is 1.50 bits per heavy atom. The summed E-state index contributed by atoms with van der Waals surface area (Å²) in [5.41, 5.74) is 0.755. The molecule has 3 heteroatoms. The predicted octanol–water partition coefficient (Wildman–Crippen LogP) is 0.912. The van der Waals surface area contributed by atoms with E-state index < -0.39 is 6.36 Å². The lowest BCUT2D eigenvalue weighted by atomic mass is 10.2. The van der Waals surface area contributed by atoms with E-state index in [-0.39, 0.29) is 6.42 Å². The largest absolute Gasteiger partial charge is 0.364 e. The van der Waals surface area contributed by atoms with Crippen LogP contribution in [0.15, 0.2) is 24.5 Å². The van der Waals surface area contributed by atoms with Crippen LogP contribution in [0.2, 0.25) is 0 Å². The van der Waals surface area contributed by atoms with Crippen LogP contribution < -0.4 is 0 Å². The van der Waals surface area contributed by atoms with Crippen LogP contribution in [0, 0.1) is 0 Å². The molecule has 1 atom stereocenters. The molecule has 1 N–H and O–H groups in total. The average Bonchev–Trinajstić information content (AvgIpc) is 1.88. The minimum absolute atomic E-state index is 0.0442. The van der Waals surface area contributed by atoms with Crippen LogP contribution in [0.5, 0.6) is 0 Å². The lowest BCUT2D eigenvalue weighted by molar-refractivity contribution is 0.0430. The fraction of sp³-hybridized carbons (Fsp3) is 0.286. The molecule has 0 aliphatic carbocycles. The van der Waals surface area contributed by atoms with Gasteiger partial charge in [0.25, 0.3) is 0 Å². The van der Waals surface area contributed by atoms with Crippen molar-refractivity contribution in [2.24, 2.45) is 0 Å². The van der Waals surface area contributed by atoms with Crippen molar-refractivity contribution in [1.29, 1.82) is 0 Å². The second-order valence-electron chi connectivity index (χ2n) is 1.99. The summed E-state index contributed by atoms with van der Waals surface area (Å²) in [5, 5.41) is 8.32. The van der Waals surface area contributed by atoms with Gasteiger partial charge in [0.2, 0.25) is 0 Å². The SMILES string of the molecule is OC(F)Cc1ccncc1. The maximum atomic E-state index is 11.9. The highest BCUT2D eigenvalue weighted by Gasteiger charge is 1.99. The summed E-state index contributed by atoms with van der Waals surface area (Å²) in [4.78, 5) is 3.75. The number of nitrogens with zero attached hydrogens (tertiary/aromatic N) is 1. The van der Waals surface area contributed by atoms with E-state index in [0.29, 0.717) is 0 Å². The van der Waals surface area contributed by atoms with E-state index in [1.165, 1.54) is 0 Å². The standard InChI is InChI=1S/C7H8FNO/c8-7(10)5-6-1-3-9-4-2-6/h1-4,7,10H,5H2. The van der Waals surface area contributed by atoms with Crippen molar-refractivity contribution in [1.82, 2.24) is 4.98 Å². The number of alkyl halides is 1. The highest BCUT2D eigenvalue weighted by molar-refractivity contribution is 5.09. The van der Waals surface area contributed by atoms with E-state index in [0.717, 1.165) is 5.56 Å². The fourth-order valence-electron chi connectivity index (χ4n) is 0.713. The van der Waals surface area contributed by atoms with Crippen LogP contribution in [-0.4, -0.2) is 16.4 Å². The molecular weight excluding hydrogens is 133 g/mol. The maximum absolute atomic E-state index is 11.9. The van der Waals surface area contributed by atoms with Crippen molar-refractivity contribution in [2.75, 3.05) is 0 Å². The zero-order chi connectivity index (χ0) is 7.40. The van der Waals surface area contributed by atoms with Gasteiger partial charge in [-0.25, -0.2) is 4.39 Å². The van der Waals surface area contributed by atoms with Gasteiger partial charge in [-0.3, -0.25) is 4.98 Å². The quantitative estimate of drug-likeness (QED) is 0.664. The van der Waals surface area contributed by atoms with Gasteiger partial charge in [-0.1, -0.05) is 0 Å². The maximum Gasteiger partial charge on any atom is 0.200 e. The Morgan fingerprint density at radius 2 is 2.10 bits per heavy atom. The smallest absolute Gasteiger partial charge is 0.200 e. The van der Waals surface area contributed by atoms with Crippen molar-refractivity contribution in [3.05, 3.63) is 30.1 Å². The topological polar surface area (TPSA) is 33.1 Å². The van der Waals surface area contributed by atoms with Crippen LogP contribution in [-0.2, 0) is 6.42 Å². The number of rotatable bonds is 2. The molecule has 54 valence electrons. The fourth-order valence-corrected chi connectivity index (χ4v) is 0.713. The van der Waals surface area contributed by atoms with Crippen molar-refractivity contribution in [3.63, 3.8) is 0 Å². The molecule has 0 aliphatic rings. The molecule has 2 nitrogen and oxygen atoms in total. The molecule has 0 aromatic carbocycles. The average molecular weight is 141 g/mol. The number of pyridine rings is 1. The lowest BCUT2D eigenvalue weighted by Crippen LogP contribution is -2.01. The molecule has 0 saturated carbocycles. The third-order valence-corrected chi connectivity index (χ3v) is 1.15. The predicted molar refractivity (Wildman–Crippen MR) is 35.1 cm³/mol. The molecule has 10 heavy (non-hydrogen) atoms. The monoisotopic (exact) mass is 141 g/mol. The Morgan fingerprint density at radius 3 is 2.60 bits per heavy atom. The zero-order valence-corrected chi connectivity index (χ0v) is 5.37. The molecule has 1 heterocycles. The van der Waals surface area contributed by atoms with Gasteiger partial charge in [0.15, 0.2) is 6.36 Å². The second kappa shape index (κ2) is 3.27. The van der Waals surface area contributed by atoms with Gasteiger partial charge in [-0.05, 0) is 17.7 Å². The summed E-state index contributed by atoms with van der Waals surface area (Å²) in [6.07, 6.45) is 1.42. The van der Waals surface area contributed by atoms with Gasteiger partial charge < -0.3 is 5.11 Å². The van der Waals surface area contributed by atoms with Gasteiger partial charge in [0.1, 0.15) is 0 Å². The molecule has 1 unspecified atom stereocenters. The first-order valence-electron chi connectivity index (χ1n) is 3.00. The van der Waals surface area contributed by atoms with Gasteiger partial charge in [-0.2, -0.15) is 0 Å². The summed E-state index contributed by atoms with van der Waals surface area (Å²) in [6.45, 7) is 0. The summed E-state index contributed by atoms with van der Waals surface area (Å²) in [6, 6.07) is 3.34. The highest BCUT2D eigenvalue weighted by Crippen LogP contribution is 2.01. The Labute approximate surface area is 58.3 Å². The lowest BCUT2D eigenvalue weighted by Gasteiger charge is -1.98. The van der Waals surface area contributed by atoms with Gasteiger partial charge in [0.05, 0.1) is 0 Å². The van der Waals surface area contributed by atoms with Crippen molar-refractivity contribution < 1.29 is 9.50 Å². The second-order valence-corrected chi connectivity index (χ2v) is 1.99. The number of aromatic nitrogens is 1. The minimum Gasteiger partial charge on any atom is -0.364 e. The first-order valence-corrected chi connectivity index (χ1v) is 3.00. The molecular formula is C7H8FNO. The molecule has 1 aromatic heterocycles. The Bertz CT molecular complexity index is 188. The Hall–Kier alpha value is -0.960. The number of aliphatic hydroxyl groups is 1. The van der Waals surface area contributed by atoms with Gasteiger partial charge in [0, 0.05) is 18.8 Å². The van der Waals surface area contributed by atoms with Crippen molar-refractivity contribution in [3.8, 4) is 0 Å². The molecule has 1 aromatic rings. The third-order valence-electron chi connectivity index (χ3n) is 1.15. The molecule has 0 saturated heterocycles. The Balaban J connectivity index is 2.59. The highest BCUT2D eigenvalue weighted by atomic mass is 19.1. The first-order chi connectivity index (χ1) is 4.79. The van der Waals surface area contributed by atoms with Crippen LogP contribution in [0.1, 0.15) is 5.56 Å². The number of hydrogen-bond donors (Lipinski definition) is 1. The molecule has 0 fully saturated rings. The summed E-state index contributed by atoms with van der Waals surface area (Å²) in [7, 11) is 0. The van der Waals surface area contributed by atoms with Crippen molar-refractivity contribution >= 4 is 0 Å². The molecule has 0 spiro atoms. The van der Waals surface area contributed by atoms with E-state index in [1.807, 2.05) is 0 Å². The van der Waals surface area contributed by atoms with Gasteiger partial charge in [-0.15, -0.1) is 0 Å². The molecule has 0 radical (unpaired) electrons. The summed E-state index contributed by atoms with van der Waals surface area (Å²) >= 11 is 0. The number of aliphatic hydroxyl groups excluding tert-OH is 1. The zero-order valence-electron chi connectivity index (χ0n) is 5.37. The van der Waals surface area contributed by atoms with E-state index in [2.05, 4.69) is 4.98 Å². The van der Waals surface area contributed by atoms with Gasteiger partial charge >= 0.3 is 0 Å². The number of hydrogen-bond acceptors (Lipinski definition) is 2. The number of halogens is 1. The van der Waals surface area contributed by atoms with E-state index in [9.17, 15) is 4.39 Å². The summed E-state index contributed by atoms with van der Waals surface area (Å²) in [5.74, 6) is 0. The normalized spacial score (nSPS) is 13.0. The summed E-state index contributed by atoms with van der Waals surface area (Å²) < 4.78 is 11.9. The van der Waals surface area contributed by atoms with Crippen LogP contribution >= 0.6 is 0 Å². The third kappa shape index (κ3) is 2.11. The Kier molecular flexibility index (Phi) is 2.34. The molecule has 0 bridgehead atoms. The van der Waals surface area contributed by atoms with Crippen LogP contribution in [0.4, 0.5) is 4.39 Å². The van der Waals surface area contributed by atoms with Crippen LogP contribution in [0.3, 0.4) is 0 Å². The van der Waals surface area contributed by atoms with E-state index in [4.69, 9.17) is 5.11 Å². The first kappa shape index (κ1) is 7.15.